The van der Waals surface area contributed by atoms with Crippen LogP contribution in [0.3, 0.4) is 0 Å². The maximum absolute atomic E-state index is 5.17. The third-order valence-corrected chi connectivity index (χ3v) is 3.19. The number of anilines is 1. The van der Waals surface area contributed by atoms with Crippen molar-refractivity contribution in [2.75, 3.05) is 31.6 Å². The van der Waals surface area contributed by atoms with Gasteiger partial charge in [-0.3, -0.25) is 0 Å². The van der Waals surface area contributed by atoms with Crippen molar-refractivity contribution in [3.63, 3.8) is 0 Å². The van der Waals surface area contributed by atoms with E-state index in [0.717, 1.165) is 19.6 Å². The van der Waals surface area contributed by atoms with Crippen LogP contribution in [0.15, 0.2) is 18.3 Å². The lowest BCUT2D eigenvalue weighted by Gasteiger charge is -2.35. The predicted molar refractivity (Wildman–Crippen MR) is 104 cm³/mol. The first-order valence-corrected chi connectivity index (χ1v) is 9.32. The van der Waals surface area contributed by atoms with E-state index in [-0.39, 0.29) is 0 Å². The molecule has 1 atom stereocenters. The Balaban J connectivity index is 0. The number of nitrogens with one attached hydrogen (secondary N) is 1. The fourth-order valence-electron chi connectivity index (χ4n) is 2.31. The molecule has 2 heterocycles. The minimum atomic E-state index is 0.605. The molecule has 0 unspecified atom stereocenters. The minimum Gasteiger partial charge on any atom is -0.481 e. The highest BCUT2D eigenvalue weighted by atomic mass is 16.5. The van der Waals surface area contributed by atoms with E-state index in [9.17, 15) is 0 Å². The van der Waals surface area contributed by atoms with Crippen molar-refractivity contribution < 1.29 is 4.74 Å². The van der Waals surface area contributed by atoms with E-state index in [4.69, 9.17) is 4.74 Å². The minimum absolute atomic E-state index is 0.605. The van der Waals surface area contributed by atoms with E-state index >= 15 is 0 Å². The van der Waals surface area contributed by atoms with Gasteiger partial charge in [-0.2, -0.15) is 0 Å². The lowest BCUT2D eigenvalue weighted by atomic mass is 10.1. The fraction of sp³-hybridized carbons (Fsp3) is 0.737. The fourth-order valence-corrected chi connectivity index (χ4v) is 2.31. The molecule has 0 aliphatic carbocycles. The number of nitrogens with zero attached hydrogens (tertiary/aromatic N) is 2. The van der Waals surface area contributed by atoms with Gasteiger partial charge in [-0.15, -0.1) is 0 Å². The number of rotatable bonds is 4. The van der Waals surface area contributed by atoms with Crippen LogP contribution in [0.4, 0.5) is 5.69 Å². The van der Waals surface area contributed by atoms with Crippen LogP contribution in [0, 0.1) is 0 Å². The summed E-state index contributed by atoms with van der Waals surface area (Å²) in [5.41, 5.74) is 1.21. The Hall–Kier alpha value is -1.29. The molecule has 0 spiro atoms. The highest BCUT2D eigenvalue weighted by Gasteiger charge is 2.18. The molecule has 23 heavy (non-hydrogen) atoms. The summed E-state index contributed by atoms with van der Waals surface area (Å²) >= 11 is 0. The summed E-state index contributed by atoms with van der Waals surface area (Å²) in [6.45, 7) is 17.4. The van der Waals surface area contributed by atoms with Gasteiger partial charge in [0.2, 0.25) is 5.88 Å². The number of pyridine rings is 1. The third-order valence-electron chi connectivity index (χ3n) is 3.19. The number of ether oxygens (including phenoxy) is 1. The highest BCUT2D eigenvalue weighted by Crippen LogP contribution is 2.20. The van der Waals surface area contributed by atoms with E-state index in [1.807, 2.05) is 53.8 Å². The van der Waals surface area contributed by atoms with Crippen LogP contribution in [-0.4, -0.2) is 37.8 Å². The third kappa shape index (κ3) is 9.44. The normalized spacial score (nSPS) is 15.8. The van der Waals surface area contributed by atoms with Gasteiger partial charge in [0.25, 0.3) is 0 Å². The molecule has 2 rings (SSSR count). The number of aromatic nitrogens is 1. The highest BCUT2D eigenvalue weighted by molar-refractivity contribution is 5.48. The van der Waals surface area contributed by atoms with Crippen molar-refractivity contribution in [1.82, 2.24) is 10.3 Å². The molecule has 0 aromatic carbocycles. The molecule has 4 nitrogen and oxygen atoms in total. The molecule has 136 valence electrons. The van der Waals surface area contributed by atoms with E-state index in [2.05, 4.69) is 28.2 Å². The summed E-state index contributed by atoms with van der Waals surface area (Å²) in [7, 11) is 1.66. The largest absolute Gasteiger partial charge is 0.481 e. The maximum Gasteiger partial charge on any atom is 0.214 e. The Morgan fingerprint density at radius 3 is 2.43 bits per heavy atom. The summed E-state index contributed by atoms with van der Waals surface area (Å²) in [5, 5.41) is 3.56. The molecule has 1 N–H and O–H groups in total. The molecular formula is C19H39N3O. The van der Waals surface area contributed by atoms with Crippen molar-refractivity contribution in [3.8, 4) is 5.88 Å². The summed E-state index contributed by atoms with van der Waals surface area (Å²) in [5.74, 6) is 0.688. The van der Waals surface area contributed by atoms with Gasteiger partial charge in [-0.05, 0) is 12.5 Å². The first kappa shape index (κ1) is 24.0. The summed E-state index contributed by atoms with van der Waals surface area (Å²) in [4.78, 5) is 6.55. The van der Waals surface area contributed by atoms with Crippen LogP contribution in [0.1, 0.15) is 61.3 Å². The van der Waals surface area contributed by atoms with E-state index in [1.54, 1.807) is 7.11 Å². The Morgan fingerprint density at radius 2 is 1.87 bits per heavy atom. The molecule has 1 aromatic heterocycles. The quantitative estimate of drug-likeness (QED) is 0.867. The van der Waals surface area contributed by atoms with Gasteiger partial charge in [-0.25, -0.2) is 4.98 Å². The van der Waals surface area contributed by atoms with Gasteiger partial charge < -0.3 is 15.0 Å². The lowest BCUT2D eigenvalue weighted by molar-refractivity contribution is 0.396. The Labute approximate surface area is 144 Å². The summed E-state index contributed by atoms with van der Waals surface area (Å²) in [6.07, 6.45) is 4.27. The lowest BCUT2D eigenvalue weighted by Crippen LogP contribution is -2.50. The van der Waals surface area contributed by atoms with Crippen LogP contribution in [-0.2, 0) is 0 Å². The van der Waals surface area contributed by atoms with Gasteiger partial charge in [0.1, 0.15) is 0 Å². The van der Waals surface area contributed by atoms with Crippen LogP contribution in [0.25, 0.3) is 0 Å². The van der Waals surface area contributed by atoms with Crippen LogP contribution >= 0.6 is 0 Å². The number of methoxy groups -OCH3 is 1. The zero-order chi connectivity index (χ0) is 18.1. The van der Waals surface area contributed by atoms with E-state index in [0.29, 0.717) is 11.9 Å². The van der Waals surface area contributed by atoms with Gasteiger partial charge in [0, 0.05) is 43.6 Å². The van der Waals surface area contributed by atoms with Crippen molar-refractivity contribution in [2.24, 2.45) is 0 Å². The molecule has 4 heteroatoms. The first-order chi connectivity index (χ1) is 11.3. The molecule has 1 aliphatic rings. The second-order valence-electron chi connectivity index (χ2n) is 4.44. The second-order valence-corrected chi connectivity index (χ2v) is 4.44. The molecule has 0 radical (unpaired) electrons. The van der Waals surface area contributed by atoms with Crippen molar-refractivity contribution in [1.29, 1.82) is 0 Å². The van der Waals surface area contributed by atoms with Gasteiger partial charge in [0.15, 0.2) is 0 Å². The standard InChI is InChI=1S/C13H21N3O.3C2H6/c1-3-4-11-10-16(8-7-14-11)12-5-6-15-13(9-12)17-2;3*1-2/h5-6,9,11,14H,3-4,7-8,10H2,1-2H3;3*1-2H3/t11-;;;/m0.../s1. The summed E-state index contributed by atoms with van der Waals surface area (Å²) in [6, 6.07) is 4.67. The van der Waals surface area contributed by atoms with Crippen LogP contribution < -0.4 is 15.0 Å². The zero-order valence-corrected chi connectivity index (χ0v) is 16.6. The Bertz CT molecular complexity index is 356. The SMILES string of the molecule is CC.CC.CC.CCC[C@H]1CN(c2ccnc(OC)c2)CCN1. The predicted octanol–water partition coefficient (Wildman–Crippen LogP) is 4.75. The monoisotopic (exact) mass is 325 g/mol. The Morgan fingerprint density at radius 1 is 1.22 bits per heavy atom. The molecular weight excluding hydrogens is 286 g/mol. The molecule has 0 saturated carbocycles. The first-order valence-electron chi connectivity index (χ1n) is 9.32. The van der Waals surface area contributed by atoms with Crippen molar-refractivity contribution in [2.45, 2.75) is 67.3 Å². The molecule has 1 saturated heterocycles. The number of hydrogen-bond donors (Lipinski definition) is 1. The average molecular weight is 326 g/mol. The maximum atomic E-state index is 5.17. The van der Waals surface area contributed by atoms with E-state index in [1.165, 1.54) is 18.5 Å². The van der Waals surface area contributed by atoms with Crippen LogP contribution in [0.2, 0.25) is 0 Å². The van der Waals surface area contributed by atoms with Crippen molar-refractivity contribution >= 4 is 5.69 Å². The van der Waals surface area contributed by atoms with Gasteiger partial charge >= 0.3 is 0 Å². The molecule has 0 amide bonds. The molecule has 1 aromatic rings. The smallest absolute Gasteiger partial charge is 0.214 e. The number of piperazine rings is 1. The Kier molecular flexibility index (Phi) is 17.8. The summed E-state index contributed by atoms with van der Waals surface area (Å²) < 4.78 is 5.17. The van der Waals surface area contributed by atoms with Crippen LogP contribution in [0.5, 0.6) is 5.88 Å². The number of hydrogen-bond acceptors (Lipinski definition) is 4. The molecule has 1 aliphatic heterocycles. The average Bonchev–Trinajstić information content (AvgIpc) is 2.67. The second kappa shape index (κ2) is 17.1. The van der Waals surface area contributed by atoms with Gasteiger partial charge in [-0.1, -0.05) is 54.9 Å². The zero-order valence-electron chi connectivity index (χ0n) is 16.6. The topological polar surface area (TPSA) is 37.4 Å². The molecule has 0 bridgehead atoms. The molecule has 1 fully saturated rings. The van der Waals surface area contributed by atoms with E-state index < -0.39 is 0 Å². The van der Waals surface area contributed by atoms with Crippen molar-refractivity contribution in [3.05, 3.63) is 18.3 Å². The van der Waals surface area contributed by atoms with Gasteiger partial charge in [0.05, 0.1) is 7.11 Å².